The summed E-state index contributed by atoms with van der Waals surface area (Å²) in [6, 6.07) is 7.26. The fourth-order valence-electron chi connectivity index (χ4n) is 2.78. The van der Waals surface area contributed by atoms with Crippen LogP contribution in [0.25, 0.3) is 5.69 Å². The number of para-hydroxylation sites is 1. The van der Waals surface area contributed by atoms with Gasteiger partial charge in [-0.25, -0.2) is 4.68 Å². The minimum absolute atomic E-state index is 0.153. The van der Waals surface area contributed by atoms with Crippen LogP contribution in [0.3, 0.4) is 0 Å². The van der Waals surface area contributed by atoms with Crippen molar-refractivity contribution in [1.82, 2.24) is 20.3 Å². The summed E-state index contributed by atoms with van der Waals surface area (Å²) in [7, 11) is 0. The van der Waals surface area contributed by atoms with Crippen LogP contribution < -0.4 is 5.32 Å². The minimum Gasteiger partial charge on any atom is -0.393 e. The zero-order valence-electron chi connectivity index (χ0n) is 11.6. The first kappa shape index (κ1) is 13.8. The highest BCUT2D eigenvalue weighted by atomic mass is 16.3. The third-order valence-corrected chi connectivity index (χ3v) is 3.96. The lowest BCUT2D eigenvalue weighted by Crippen LogP contribution is -2.33. The Morgan fingerprint density at radius 2 is 2.24 bits per heavy atom. The first-order valence-corrected chi connectivity index (χ1v) is 7.17. The molecule has 2 atom stereocenters. The van der Waals surface area contributed by atoms with Crippen LogP contribution in [0.15, 0.2) is 36.7 Å². The molecule has 1 fully saturated rings. The fraction of sp³-hybridized carbons (Fsp3) is 0.400. The van der Waals surface area contributed by atoms with Gasteiger partial charge in [0.2, 0.25) is 0 Å². The molecule has 1 aliphatic carbocycles. The highest BCUT2D eigenvalue weighted by Gasteiger charge is 2.25. The number of carbonyl (C=O) groups excluding carboxylic acids is 1. The maximum atomic E-state index is 12.4. The van der Waals surface area contributed by atoms with Gasteiger partial charge in [-0.05, 0) is 25.0 Å². The molecule has 110 valence electrons. The monoisotopic (exact) mass is 286 g/mol. The standard InChI is InChI=1S/C15H18N4O2/c20-14-7-3-4-11(14)10-16-15(21)12-5-1-2-6-13(12)19-9-8-17-18-19/h1-2,5-6,8-9,11,14,20H,3-4,7,10H2,(H,16,21)/t11-,14+/m0/s1. The number of nitrogens with one attached hydrogen (secondary N) is 1. The number of nitrogens with zero attached hydrogens (tertiary/aromatic N) is 3. The average Bonchev–Trinajstić information content (AvgIpc) is 3.16. The molecule has 0 saturated heterocycles. The predicted molar refractivity (Wildman–Crippen MR) is 77.0 cm³/mol. The lowest BCUT2D eigenvalue weighted by molar-refractivity contribution is 0.0916. The van der Waals surface area contributed by atoms with Gasteiger partial charge in [0.05, 0.1) is 29.7 Å². The molecule has 1 aromatic heterocycles. The molecule has 1 amide bonds. The Bertz CT molecular complexity index is 612. The number of aliphatic hydroxyl groups excluding tert-OH is 1. The predicted octanol–water partition coefficient (Wildman–Crippen LogP) is 1.16. The van der Waals surface area contributed by atoms with Gasteiger partial charge in [-0.15, -0.1) is 5.10 Å². The zero-order valence-corrected chi connectivity index (χ0v) is 11.6. The van der Waals surface area contributed by atoms with E-state index in [2.05, 4.69) is 15.6 Å². The van der Waals surface area contributed by atoms with Crippen LogP contribution in [-0.4, -0.2) is 38.7 Å². The molecule has 1 saturated carbocycles. The van der Waals surface area contributed by atoms with Crippen molar-refractivity contribution in [2.24, 2.45) is 5.92 Å². The smallest absolute Gasteiger partial charge is 0.253 e. The molecule has 6 heteroatoms. The molecular weight excluding hydrogens is 268 g/mol. The van der Waals surface area contributed by atoms with Gasteiger partial charge in [0.15, 0.2) is 0 Å². The molecule has 6 nitrogen and oxygen atoms in total. The molecule has 0 radical (unpaired) electrons. The van der Waals surface area contributed by atoms with E-state index in [1.165, 1.54) is 0 Å². The van der Waals surface area contributed by atoms with E-state index in [1.54, 1.807) is 23.1 Å². The number of amides is 1. The Morgan fingerprint density at radius 1 is 1.38 bits per heavy atom. The highest BCUT2D eigenvalue weighted by Crippen LogP contribution is 2.24. The molecule has 21 heavy (non-hydrogen) atoms. The quantitative estimate of drug-likeness (QED) is 0.884. The number of aliphatic hydroxyl groups is 1. The summed E-state index contributed by atoms with van der Waals surface area (Å²) < 4.78 is 1.57. The summed E-state index contributed by atoms with van der Waals surface area (Å²) in [6.07, 6.45) is 5.80. The van der Waals surface area contributed by atoms with E-state index in [4.69, 9.17) is 0 Å². The summed E-state index contributed by atoms with van der Waals surface area (Å²) in [5.41, 5.74) is 1.25. The maximum Gasteiger partial charge on any atom is 0.253 e. The average molecular weight is 286 g/mol. The molecule has 2 N–H and O–H groups in total. The molecule has 2 aromatic rings. The number of rotatable bonds is 4. The molecule has 1 aromatic carbocycles. The SMILES string of the molecule is O=C(NC[C@@H]1CCC[C@H]1O)c1ccccc1-n1ccnn1. The maximum absolute atomic E-state index is 12.4. The van der Waals surface area contributed by atoms with E-state index < -0.39 is 0 Å². The summed E-state index contributed by atoms with van der Waals surface area (Å²) in [6.45, 7) is 0.506. The Balaban J connectivity index is 1.73. The van der Waals surface area contributed by atoms with E-state index in [9.17, 15) is 9.90 Å². The van der Waals surface area contributed by atoms with Crippen LogP contribution in [0.1, 0.15) is 29.6 Å². The minimum atomic E-state index is -0.296. The van der Waals surface area contributed by atoms with Gasteiger partial charge in [0, 0.05) is 12.5 Å². The van der Waals surface area contributed by atoms with Gasteiger partial charge < -0.3 is 10.4 Å². The van der Waals surface area contributed by atoms with E-state index in [0.717, 1.165) is 19.3 Å². The van der Waals surface area contributed by atoms with Crippen molar-refractivity contribution in [2.45, 2.75) is 25.4 Å². The molecule has 3 rings (SSSR count). The van der Waals surface area contributed by atoms with Crippen LogP contribution >= 0.6 is 0 Å². The number of aromatic nitrogens is 3. The number of hydrogen-bond donors (Lipinski definition) is 2. The van der Waals surface area contributed by atoms with Crippen molar-refractivity contribution in [1.29, 1.82) is 0 Å². The second-order valence-electron chi connectivity index (χ2n) is 5.33. The number of hydrogen-bond acceptors (Lipinski definition) is 4. The largest absolute Gasteiger partial charge is 0.393 e. The molecule has 0 unspecified atom stereocenters. The number of carbonyl (C=O) groups is 1. The molecule has 0 spiro atoms. The van der Waals surface area contributed by atoms with Crippen LogP contribution in [0.4, 0.5) is 0 Å². The Hall–Kier alpha value is -2.21. The van der Waals surface area contributed by atoms with Gasteiger partial charge in [0.1, 0.15) is 0 Å². The van der Waals surface area contributed by atoms with E-state index >= 15 is 0 Å². The van der Waals surface area contributed by atoms with Crippen molar-refractivity contribution in [3.8, 4) is 5.69 Å². The Labute approximate surface area is 122 Å². The van der Waals surface area contributed by atoms with Crippen molar-refractivity contribution < 1.29 is 9.90 Å². The van der Waals surface area contributed by atoms with Crippen molar-refractivity contribution in [2.75, 3.05) is 6.54 Å². The third kappa shape index (κ3) is 2.95. The van der Waals surface area contributed by atoms with Gasteiger partial charge in [-0.2, -0.15) is 0 Å². The Morgan fingerprint density at radius 3 is 2.95 bits per heavy atom. The van der Waals surface area contributed by atoms with Crippen LogP contribution in [0.5, 0.6) is 0 Å². The number of benzene rings is 1. The van der Waals surface area contributed by atoms with Crippen LogP contribution in [-0.2, 0) is 0 Å². The molecule has 0 bridgehead atoms. The topological polar surface area (TPSA) is 80.0 Å². The second-order valence-corrected chi connectivity index (χ2v) is 5.33. The normalized spacial score (nSPS) is 21.4. The molecule has 0 aliphatic heterocycles. The first-order valence-electron chi connectivity index (χ1n) is 7.17. The summed E-state index contributed by atoms with van der Waals surface area (Å²) in [4.78, 5) is 12.4. The lowest BCUT2D eigenvalue weighted by atomic mass is 10.1. The van der Waals surface area contributed by atoms with E-state index in [1.807, 2.05) is 18.2 Å². The summed E-state index contributed by atoms with van der Waals surface area (Å²) in [5, 5.41) is 20.4. The molecular formula is C15H18N4O2. The fourth-order valence-corrected chi connectivity index (χ4v) is 2.78. The molecule has 1 aliphatic rings. The summed E-state index contributed by atoms with van der Waals surface area (Å²) in [5.74, 6) is 0.00711. The van der Waals surface area contributed by atoms with E-state index in [-0.39, 0.29) is 17.9 Å². The molecule has 1 heterocycles. The van der Waals surface area contributed by atoms with Crippen LogP contribution in [0.2, 0.25) is 0 Å². The lowest BCUT2D eigenvalue weighted by Gasteiger charge is -2.16. The zero-order chi connectivity index (χ0) is 14.7. The van der Waals surface area contributed by atoms with Gasteiger partial charge in [-0.3, -0.25) is 4.79 Å². The van der Waals surface area contributed by atoms with Crippen molar-refractivity contribution >= 4 is 5.91 Å². The third-order valence-electron chi connectivity index (χ3n) is 3.96. The van der Waals surface area contributed by atoms with Gasteiger partial charge in [-0.1, -0.05) is 23.8 Å². The van der Waals surface area contributed by atoms with Gasteiger partial charge >= 0.3 is 0 Å². The Kier molecular flexibility index (Phi) is 3.96. The highest BCUT2D eigenvalue weighted by molar-refractivity contribution is 5.97. The van der Waals surface area contributed by atoms with Crippen molar-refractivity contribution in [3.05, 3.63) is 42.2 Å². The second kappa shape index (κ2) is 6.05. The van der Waals surface area contributed by atoms with Crippen molar-refractivity contribution in [3.63, 3.8) is 0 Å². The summed E-state index contributed by atoms with van der Waals surface area (Å²) >= 11 is 0. The van der Waals surface area contributed by atoms with E-state index in [0.29, 0.717) is 17.8 Å². The van der Waals surface area contributed by atoms with Crippen LogP contribution in [0, 0.1) is 5.92 Å². The first-order chi connectivity index (χ1) is 10.3. The van der Waals surface area contributed by atoms with Gasteiger partial charge in [0.25, 0.3) is 5.91 Å².